The number of likely N-dealkylation sites (tertiary alicyclic amines) is 1. The average Bonchev–Trinajstić information content (AvgIpc) is 3.73. The molecule has 4 aliphatic rings. The number of hydroxylamine groups is 1. The van der Waals surface area contributed by atoms with Crippen molar-refractivity contribution >= 4 is 28.6 Å². The van der Waals surface area contributed by atoms with Gasteiger partial charge in [-0.3, -0.25) is 24.5 Å². The lowest BCUT2D eigenvalue weighted by molar-refractivity contribution is -0.161. The summed E-state index contributed by atoms with van der Waals surface area (Å²) in [6, 6.07) is 12.8. The molecule has 2 atom stereocenters. The van der Waals surface area contributed by atoms with E-state index in [4.69, 9.17) is 14.7 Å². The van der Waals surface area contributed by atoms with Crippen LogP contribution in [-0.4, -0.2) is 87.7 Å². The zero-order valence-corrected chi connectivity index (χ0v) is 26.9. The predicted molar refractivity (Wildman–Crippen MR) is 179 cm³/mol. The SMILES string of the molecule is C=C(\C=C/C(/C=C/C(=O)NO)=C\C)CN1CCC(N2CC(=O)N3C(Cc4c([nH]c5ccccc45)[C@H]3c3ccc4c(c3)OCO4)C2=O)CC1. The van der Waals surface area contributed by atoms with Crippen molar-refractivity contribution in [3.05, 3.63) is 107 Å². The van der Waals surface area contributed by atoms with Gasteiger partial charge in [-0.15, -0.1) is 0 Å². The van der Waals surface area contributed by atoms with E-state index in [1.54, 1.807) is 16.5 Å². The second kappa shape index (κ2) is 13.2. The number of allylic oxidation sites excluding steroid dienone is 4. The van der Waals surface area contributed by atoms with Gasteiger partial charge in [-0.05, 0) is 66.3 Å². The summed E-state index contributed by atoms with van der Waals surface area (Å²) in [4.78, 5) is 49.3. The number of rotatable bonds is 8. The third kappa shape index (κ3) is 5.91. The highest BCUT2D eigenvalue weighted by molar-refractivity contribution is 5.98. The van der Waals surface area contributed by atoms with E-state index >= 15 is 0 Å². The number of amides is 3. The molecule has 1 aromatic heterocycles. The third-order valence-corrected chi connectivity index (χ3v) is 9.81. The molecule has 0 radical (unpaired) electrons. The van der Waals surface area contributed by atoms with Crippen molar-refractivity contribution in [2.45, 2.75) is 44.3 Å². The van der Waals surface area contributed by atoms with Crippen LogP contribution in [0.4, 0.5) is 0 Å². The van der Waals surface area contributed by atoms with E-state index in [0.29, 0.717) is 24.5 Å². The van der Waals surface area contributed by atoms with E-state index in [0.717, 1.165) is 64.8 Å². The van der Waals surface area contributed by atoms with Gasteiger partial charge < -0.3 is 24.3 Å². The molecule has 2 saturated heterocycles. The van der Waals surface area contributed by atoms with Gasteiger partial charge in [0, 0.05) is 54.8 Å². The smallest absolute Gasteiger partial charge is 0.267 e. The van der Waals surface area contributed by atoms with Crippen molar-refractivity contribution in [2.24, 2.45) is 0 Å². The number of H-pyrrole nitrogens is 1. The van der Waals surface area contributed by atoms with Crippen LogP contribution in [0.15, 0.2) is 90.6 Å². The first-order valence-electron chi connectivity index (χ1n) is 16.3. The molecule has 2 fully saturated rings. The minimum absolute atomic E-state index is 0.00360. The van der Waals surface area contributed by atoms with Crippen LogP contribution in [0, 0.1) is 0 Å². The van der Waals surface area contributed by atoms with Crippen LogP contribution in [0.5, 0.6) is 11.5 Å². The number of carbonyl (C=O) groups excluding carboxylic acids is 3. The molecule has 0 saturated carbocycles. The number of hydrogen-bond donors (Lipinski definition) is 3. The van der Waals surface area contributed by atoms with Crippen molar-refractivity contribution in [2.75, 3.05) is 33.0 Å². The number of piperidine rings is 1. The highest BCUT2D eigenvalue weighted by Gasteiger charge is 2.50. The molecule has 11 heteroatoms. The first kappa shape index (κ1) is 31.5. The molecule has 3 N–H and O–H groups in total. The number of ether oxygens (including phenoxy) is 2. The number of fused-ring (bicyclic) bond motifs is 5. The molecule has 248 valence electrons. The molecule has 11 nitrogen and oxygen atoms in total. The summed E-state index contributed by atoms with van der Waals surface area (Å²) in [6.07, 6.45) is 10.5. The number of hydrogen-bond acceptors (Lipinski definition) is 7. The summed E-state index contributed by atoms with van der Waals surface area (Å²) < 4.78 is 11.2. The van der Waals surface area contributed by atoms with Gasteiger partial charge in [0.05, 0.1) is 6.04 Å². The van der Waals surface area contributed by atoms with Crippen LogP contribution >= 0.6 is 0 Å². The molecule has 3 aromatic rings. The van der Waals surface area contributed by atoms with E-state index in [1.807, 2.05) is 66.4 Å². The topological polar surface area (TPSA) is 127 Å². The van der Waals surface area contributed by atoms with Crippen LogP contribution in [0.1, 0.15) is 42.6 Å². The fourth-order valence-electron chi connectivity index (χ4n) is 7.43. The molecule has 0 aliphatic carbocycles. The van der Waals surface area contributed by atoms with Crippen molar-refractivity contribution < 1.29 is 29.1 Å². The average molecular weight is 650 g/mol. The maximum Gasteiger partial charge on any atom is 0.267 e. The van der Waals surface area contributed by atoms with Gasteiger partial charge in [0.25, 0.3) is 5.91 Å². The molecule has 5 heterocycles. The summed E-state index contributed by atoms with van der Waals surface area (Å²) in [5.74, 6) is 0.662. The summed E-state index contributed by atoms with van der Waals surface area (Å²) in [6.45, 7) is 8.51. The van der Waals surface area contributed by atoms with Crippen LogP contribution in [0.2, 0.25) is 0 Å². The summed E-state index contributed by atoms with van der Waals surface area (Å²) in [5, 5.41) is 9.76. The number of carbonyl (C=O) groups is 3. The number of benzene rings is 2. The van der Waals surface area contributed by atoms with Crippen LogP contribution < -0.4 is 15.0 Å². The van der Waals surface area contributed by atoms with Crippen LogP contribution in [-0.2, 0) is 20.8 Å². The minimum atomic E-state index is -0.602. The lowest BCUT2D eigenvalue weighted by atomic mass is 9.85. The Hall–Kier alpha value is -5.13. The van der Waals surface area contributed by atoms with E-state index in [-0.39, 0.29) is 31.2 Å². The Morgan fingerprint density at radius 1 is 1.06 bits per heavy atom. The van der Waals surface area contributed by atoms with Crippen molar-refractivity contribution in [3.63, 3.8) is 0 Å². The van der Waals surface area contributed by atoms with E-state index < -0.39 is 18.0 Å². The highest BCUT2D eigenvalue weighted by Crippen LogP contribution is 2.45. The van der Waals surface area contributed by atoms with Crippen LogP contribution in [0.3, 0.4) is 0 Å². The first-order chi connectivity index (χ1) is 23.3. The van der Waals surface area contributed by atoms with Gasteiger partial charge in [0.15, 0.2) is 11.5 Å². The Bertz CT molecular complexity index is 1870. The second-order valence-corrected chi connectivity index (χ2v) is 12.7. The van der Waals surface area contributed by atoms with Crippen LogP contribution in [0.25, 0.3) is 10.9 Å². The molecular formula is C37H39N5O6. The molecule has 48 heavy (non-hydrogen) atoms. The van der Waals surface area contributed by atoms with Gasteiger partial charge in [-0.1, -0.05) is 49.1 Å². The number of para-hydroxylation sites is 1. The number of aromatic nitrogens is 1. The summed E-state index contributed by atoms with van der Waals surface area (Å²) in [5.41, 5.74) is 7.19. The summed E-state index contributed by atoms with van der Waals surface area (Å²) >= 11 is 0. The number of nitrogens with one attached hydrogen (secondary N) is 2. The molecule has 0 bridgehead atoms. The number of piperazine rings is 1. The lowest BCUT2D eigenvalue weighted by Crippen LogP contribution is -2.65. The summed E-state index contributed by atoms with van der Waals surface area (Å²) in [7, 11) is 0. The largest absolute Gasteiger partial charge is 0.454 e. The monoisotopic (exact) mass is 649 g/mol. The normalized spacial score (nSPS) is 21.8. The Morgan fingerprint density at radius 2 is 1.83 bits per heavy atom. The third-order valence-electron chi connectivity index (χ3n) is 9.81. The molecule has 2 aromatic carbocycles. The molecule has 0 spiro atoms. The van der Waals surface area contributed by atoms with Gasteiger partial charge in [-0.25, -0.2) is 5.48 Å². The minimum Gasteiger partial charge on any atom is -0.454 e. The molecule has 7 rings (SSSR count). The first-order valence-corrected chi connectivity index (χ1v) is 16.3. The molecular weight excluding hydrogens is 610 g/mol. The maximum absolute atomic E-state index is 14.4. The Morgan fingerprint density at radius 3 is 2.62 bits per heavy atom. The van der Waals surface area contributed by atoms with Gasteiger partial charge >= 0.3 is 0 Å². The van der Waals surface area contributed by atoms with E-state index in [2.05, 4.69) is 22.5 Å². The van der Waals surface area contributed by atoms with Gasteiger partial charge in [0.2, 0.25) is 18.6 Å². The maximum atomic E-state index is 14.4. The fourth-order valence-corrected chi connectivity index (χ4v) is 7.43. The van der Waals surface area contributed by atoms with Gasteiger partial charge in [-0.2, -0.15) is 0 Å². The number of aromatic amines is 1. The molecule has 1 unspecified atom stereocenters. The van der Waals surface area contributed by atoms with Crippen molar-refractivity contribution in [3.8, 4) is 11.5 Å². The fraction of sp³-hybridized carbons (Fsp3) is 0.324. The Labute approximate surface area is 278 Å². The van der Waals surface area contributed by atoms with Gasteiger partial charge in [0.1, 0.15) is 12.6 Å². The van der Waals surface area contributed by atoms with Crippen molar-refractivity contribution in [1.29, 1.82) is 0 Å². The zero-order valence-electron chi connectivity index (χ0n) is 26.9. The molecule has 4 aliphatic heterocycles. The van der Waals surface area contributed by atoms with E-state index in [1.165, 1.54) is 6.08 Å². The second-order valence-electron chi connectivity index (χ2n) is 12.7. The highest BCUT2D eigenvalue weighted by atomic mass is 16.7. The predicted octanol–water partition coefficient (Wildman–Crippen LogP) is 4.17. The van der Waals surface area contributed by atoms with E-state index in [9.17, 15) is 14.4 Å². The number of nitrogens with zero attached hydrogens (tertiary/aromatic N) is 3. The van der Waals surface area contributed by atoms with Crippen molar-refractivity contribution in [1.82, 2.24) is 25.2 Å². The standard InChI is InChI=1S/C37H39N5O6/c1-3-24(10-13-33(43)39-46)9-8-23(2)20-40-16-14-26(15-17-40)41-21-34(44)42-30(37(41)45)19-28-27-6-4-5-7-29(27)38-35(28)36(42)25-11-12-31-32(18-25)48-22-47-31/h3-13,18,26,30,36,38,46H,2,14-17,19-22H2,1H3,(H,39,43)/b9-8-,13-10+,24-3+/t30?,36-/m1/s1. The lowest BCUT2D eigenvalue weighted by Gasteiger charge is -2.49. The quantitative estimate of drug-likeness (QED) is 0.145. The molecule has 3 amide bonds. The Balaban J connectivity index is 1.06. The zero-order chi connectivity index (χ0) is 33.4. The Kier molecular flexibility index (Phi) is 8.63.